The number of nitrogens with zero attached hydrogens (tertiary/aromatic N) is 1. The first-order valence-corrected chi connectivity index (χ1v) is 11.9. The van der Waals surface area contributed by atoms with E-state index < -0.39 is 13.8 Å². The van der Waals surface area contributed by atoms with E-state index in [0.717, 1.165) is 21.2 Å². The summed E-state index contributed by atoms with van der Waals surface area (Å²) < 4.78 is 42.1. The molecule has 4 nitrogen and oxygen atoms in total. The largest absolute Gasteiger partial charge is 0.442 e. The Bertz CT molecular complexity index is 972. The van der Waals surface area contributed by atoms with Gasteiger partial charge in [-0.15, -0.1) is 11.3 Å². The molecule has 0 fully saturated rings. The average molecular weight is 492 g/mol. The Labute approximate surface area is 171 Å². The molecule has 0 bridgehead atoms. The molecule has 27 heavy (non-hydrogen) atoms. The second-order valence-corrected chi connectivity index (χ2v) is 9.99. The molecule has 10 heteroatoms. The lowest BCUT2D eigenvalue weighted by Crippen LogP contribution is -2.01. The molecular weight excluding hydrogens is 479 g/mol. The maximum Gasteiger partial charge on any atom is 0.442 e. The molecule has 1 aromatic heterocycles. The zero-order valence-corrected chi connectivity index (χ0v) is 17.7. The smallest absolute Gasteiger partial charge is 0.420 e. The van der Waals surface area contributed by atoms with Gasteiger partial charge in [-0.25, -0.2) is 9.55 Å². The van der Waals surface area contributed by atoms with Crippen LogP contribution < -0.4 is 4.52 Å². The van der Waals surface area contributed by atoms with Gasteiger partial charge in [0.2, 0.25) is 0 Å². The second kappa shape index (κ2) is 8.84. The van der Waals surface area contributed by atoms with Crippen LogP contribution in [-0.4, -0.2) is 16.0 Å². The minimum atomic E-state index is -5.00. The molecule has 0 saturated heterocycles. The molecule has 1 unspecified atom stereocenters. The van der Waals surface area contributed by atoms with Gasteiger partial charge in [0.1, 0.15) is 5.75 Å². The molecule has 0 aliphatic heterocycles. The van der Waals surface area contributed by atoms with Gasteiger partial charge >= 0.3 is 13.8 Å². The van der Waals surface area contributed by atoms with Crippen LogP contribution in [0.3, 0.4) is 0 Å². The lowest BCUT2D eigenvalue weighted by molar-refractivity contribution is 0.188. The molecular formula is C17H13BrF2NO3PS2. The predicted molar refractivity (Wildman–Crippen MR) is 108 cm³/mol. The van der Waals surface area contributed by atoms with Gasteiger partial charge in [-0.3, -0.25) is 0 Å². The molecule has 1 N–H and O–H groups in total. The maximum atomic E-state index is 12.5. The van der Waals surface area contributed by atoms with E-state index >= 15 is 0 Å². The summed E-state index contributed by atoms with van der Waals surface area (Å²) in [5, 5.41) is 1.99. The van der Waals surface area contributed by atoms with Gasteiger partial charge in [-0.1, -0.05) is 48.2 Å². The minimum Gasteiger partial charge on any atom is -0.420 e. The third kappa shape index (κ3) is 5.39. The lowest BCUT2D eigenvalue weighted by Gasteiger charge is -2.14. The molecule has 1 atom stereocenters. The van der Waals surface area contributed by atoms with Crippen molar-refractivity contribution in [2.45, 2.75) is 16.3 Å². The van der Waals surface area contributed by atoms with Gasteiger partial charge in [0.25, 0.3) is 0 Å². The first-order chi connectivity index (χ1) is 12.8. The van der Waals surface area contributed by atoms with Crippen LogP contribution in [0.1, 0.15) is 5.56 Å². The highest BCUT2D eigenvalue weighted by Crippen LogP contribution is 2.50. The fourth-order valence-corrected chi connectivity index (χ4v) is 5.03. The van der Waals surface area contributed by atoms with Crippen LogP contribution in [0.4, 0.5) is 8.78 Å². The van der Waals surface area contributed by atoms with E-state index in [0.29, 0.717) is 10.2 Å². The SMILES string of the molecule is O=P(O)(Oc1ccc(CSc2nc(-c3ccccc3)cs2)cc1Br)C(F)F. The van der Waals surface area contributed by atoms with Gasteiger partial charge in [0.15, 0.2) is 4.34 Å². The fraction of sp³-hybridized carbons (Fsp3) is 0.118. The Morgan fingerprint density at radius 3 is 2.67 bits per heavy atom. The van der Waals surface area contributed by atoms with Crippen LogP contribution in [0, 0.1) is 0 Å². The van der Waals surface area contributed by atoms with Crippen LogP contribution in [0.15, 0.2) is 62.7 Å². The van der Waals surface area contributed by atoms with Crippen molar-refractivity contribution in [2.75, 3.05) is 0 Å². The molecule has 0 amide bonds. The molecule has 3 aromatic rings. The number of rotatable bonds is 7. The van der Waals surface area contributed by atoms with Gasteiger partial charge in [0, 0.05) is 16.7 Å². The molecule has 0 spiro atoms. The molecule has 142 valence electrons. The van der Waals surface area contributed by atoms with E-state index in [4.69, 9.17) is 4.89 Å². The topological polar surface area (TPSA) is 59.4 Å². The first kappa shape index (κ1) is 20.5. The molecule has 0 aliphatic rings. The minimum absolute atomic E-state index is 0.101. The zero-order chi connectivity index (χ0) is 19.4. The van der Waals surface area contributed by atoms with E-state index in [9.17, 15) is 13.3 Å². The van der Waals surface area contributed by atoms with Crippen molar-refractivity contribution in [3.05, 3.63) is 63.9 Å². The van der Waals surface area contributed by atoms with E-state index in [1.165, 1.54) is 6.07 Å². The maximum absolute atomic E-state index is 12.5. The standard InChI is InChI=1S/C17H13BrF2NO3PS2/c18-13-8-11(6-7-15(13)24-25(22,23)16(19)20)9-26-17-21-14(10-27-17)12-4-2-1-3-5-12/h1-8,10,16H,9H2,(H,22,23). The summed E-state index contributed by atoms with van der Waals surface area (Å²) in [6.07, 6.45) is -3.46. The number of benzene rings is 2. The van der Waals surface area contributed by atoms with Crippen LogP contribution in [0.5, 0.6) is 5.75 Å². The predicted octanol–water partition coefficient (Wildman–Crippen LogP) is 6.65. The second-order valence-electron chi connectivity index (χ2n) is 5.35. The monoisotopic (exact) mass is 491 g/mol. The first-order valence-electron chi connectivity index (χ1n) is 7.57. The van der Waals surface area contributed by atoms with Crippen LogP contribution in [0.25, 0.3) is 11.3 Å². The Kier molecular flexibility index (Phi) is 6.70. The third-order valence-electron chi connectivity index (χ3n) is 3.39. The van der Waals surface area contributed by atoms with E-state index in [1.54, 1.807) is 35.2 Å². The summed E-state index contributed by atoms with van der Waals surface area (Å²) in [7, 11) is -5.00. The Balaban J connectivity index is 1.65. The summed E-state index contributed by atoms with van der Waals surface area (Å²) in [5.74, 6) is 0.502. The van der Waals surface area contributed by atoms with E-state index in [1.807, 2.05) is 35.7 Å². The molecule has 0 radical (unpaired) electrons. The van der Waals surface area contributed by atoms with Crippen molar-refractivity contribution in [2.24, 2.45) is 0 Å². The number of halogens is 3. The van der Waals surface area contributed by atoms with Crippen molar-refractivity contribution in [3.8, 4) is 17.0 Å². The van der Waals surface area contributed by atoms with Crippen LogP contribution in [0.2, 0.25) is 0 Å². The van der Waals surface area contributed by atoms with Gasteiger partial charge in [0.05, 0.1) is 10.2 Å². The summed E-state index contributed by atoms with van der Waals surface area (Å²) in [4.78, 5) is 13.7. The quantitative estimate of drug-likeness (QED) is 0.296. The molecule has 3 rings (SSSR count). The highest BCUT2D eigenvalue weighted by Gasteiger charge is 2.34. The third-order valence-corrected chi connectivity index (χ3v) is 7.05. The highest BCUT2D eigenvalue weighted by atomic mass is 79.9. The Hall–Kier alpha value is -1.25. The molecule has 0 aliphatic carbocycles. The van der Waals surface area contributed by atoms with Crippen molar-refractivity contribution >= 4 is 46.6 Å². The van der Waals surface area contributed by atoms with E-state index in [-0.39, 0.29) is 5.75 Å². The summed E-state index contributed by atoms with van der Waals surface area (Å²) in [6, 6.07) is 14.6. The lowest BCUT2D eigenvalue weighted by atomic mass is 10.2. The summed E-state index contributed by atoms with van der Waals surface area (Å²) >= 11 is 6.27. The summed E-state index contributed by atoms with van der Waals surface area (Å²) in [5.41, 5.74) is 2.86. The summed E-state index contributed by atoms with van der Waals surface area (Å²) in [6.45, 7) is 0. The van der Waals surface area contributed by atoms with Gasteiger partial charge in [-0.2, -0.15) is 8.78 Å². The number of thioether (sulfide) groups is 1. The number of hydrogen-bond donors (Lipinski definition) is 1. The number of hydrogen-bond acceptors (Lipinski definition) is 5. The number of alkyl halides is 2. The average Bonchev–Trinajstić information content (AvgIpc) is 3.11. The number of aromatic nitrogens is 1. The highest BCUT2D eigenvalue weighted by molar-refractivity contribution is 9.10. The van der Waals surface area contributed by atoms with Crippen LogP contribution >= 0.6 is 46.6 Å². The van der Waals surface area contributed by atoms with Crippen molar-refractivity contribution in [1.29, 1.82) is 0 Å². The molecule has 2 aromatic carbocycles. The Morgan fingerprint density at radius 2 is 2.00 bits per heavy atom. The zero-order valence-electron chi connectivity index (χ0n) is 13.6. The number of thiazole rings is 1. The normalized spacial score (nSPS) is 13.5. The van der Waals surface area contributed by atoms with Gasteiger partial charge in [-0.05, 0) is 33.6 Å². The van der Waals surface area contributed by atoms with Gasteiger partial charge < -0.3 is 9.42 Å². The van der Waals surface area contributed by atoms with Crippen molar-refractivity contribution in [1.82, 2.24) is 4.98 Å². The van der Waals surface area contributed by atoms with Crippen molar-refractivity contribution < 1.29 is 22.8 Å². The van der Waals surface area contributed by atoms with Crippen molar-refractivity contribution in [3.63, 3.8) is 0 Å². The molecule has 0 saturated carbocycles. The van der Waals surface area contributed by atoms with E-state index in [2.05, 4.69) is 25.4 Å². The fourth-order valence-electron chi connectivity index (χ4n) is 2.10. The molecule has 1 heterocycles. The van der Waals surface area contributed by atoms with Crippen LogP contribution in [-0.2, 0) is 10.3 Å². The Morgan fingerprint density at radius 1 is 1.26 bits per heavy atom.